The third kappa shape index (κ3) is 3.46. The van der Waals surface area contributed by atoms with Gasteiger partial charge in [0.25, 0.3) is 0 Å². The Kier molecular flexibility index (Phi) is 4.10. The molecule has 13 heavy (non-hydrogen) atoms. The Morgan fingerprint density at radius 2 is 2.00 bits per heavy atom. The first-order valence-corrected chi connectivity index (χ1v) is 5.59. The number of hydrogen-bond acceptors (Lipinski definition) is 4. The fraction of sp³-hybridized carbons (Fsp3) is 0.857. The number of carboxylic acid groups (broad SMARTS) is 1. The summed E-state index contributed by atoms with van der Waals surface area (Å²) in [7, 11) is -2.00. The van der Waals surface area contributed by atoms with Gasteiger partial charge in [-0.15, -0.1) is 0 Å². The molecular formula is C7H15O5P. The van der Waals surface area contributed by atoms with Crippen molar-refractivity contribution in [3.05, 3.63) is 0 Å². The summed E-state index contributed by atoms with van der Waals surface area (Å²) in [5.74, 6) is -1.17. The van der Waals surface area contributed by atoms with Crippen LogP contribution in [0.1, 0.15) is 20.8 Å². The number of rotatable bonds is 5. The summed E-state index contributed by atoms with van der Waals surface area (Å²) >= 11 is 0. The zero-order valence-corrected chi connectivity index (χ0v) is 9.13. The third-order valence-electron chi connectivity index (χ3n) is 1.55. The van der Waals surface area contributed by atoms with Crippen molar-refractivity contribution in [1.29, 1.82) is 0 Å². The van der Waals surface area contributed by atoms with Crippen LogP contribution in [-0.2, 0) is 18.4 Å². The number of aliphatic carboxylic acids is 1. The predicted octanol–water partition coefficient (Wildman–Crippen LogP) is 1.73. The van der Waals surface area contributed by atoms with Crippen LogP contribution >= 0.6 is 7.60 Å². The molecule has 0 aromatic carbocycles. The second kappa shape index (κ2) is 4.22. The van der Waals surface area contributed by atoms with E-state index in [1.54, 1.807) is 6.92 Å². The molecule has 1 atom stereocenters. The van der Waals surface area contributed by atoms with Crippen LogP contribution in [0.3, 0.4) is 0 Å². The van der Waals surface area contributed by atoms with Crippen molar-refractivity contribution in [2.45, 2.75) is 26.4 Å². The van der Waals surface area contributed by atoms with Crippen LogP contribution in [-0.4, -0.2) is 29.9 Å². The largest absolute Gasteiger partial charge is 0.479 e. The van der Waals surface area contributed by atoms with E-state index in [2.05, 4.69) is 4.52 Å². The second-order valence-electron chi connectivity index (χ2n) is 3.02. The van der Waals surface area contributed by atoms with Crippen molar-refractivity contribution in [1.82, 2.24) is 0 Å². The predicted molar refractivity (Wildman–Crippen MR) is 48.0 cm³/mol. The minimum absolute atomic E-state index is 0.153. The first kappa shape index (κ1) is 12.6. The average Bonchev–Trinajstić information content (AvgIpc) is 2.03. The van der Waals surface area contributed by atoms with Gasteiger partial charge in [0.05, 0.1) is 0 Å². The number of hydrogen-bond donors (Lipinski definition) is 1. The van der Waals surface area contributed by atoms with Crippen molar-refractivity contribution in [3.8, 4) is 0 Å². The van der Waals surface area contributed by atoms with Crippen LogP contribution in [0.15, 0.2) is 0 Å². The minimum Gasteiger partial charge on any atom is -0.479 e. The molecule has 0 aliphatic heterocycles. The Morgan fingerprint density at radius 1 is 1.54 bits per heavy atom. The molecular weight excluding hydrogens is 195 g/mol. The van der Waals surface area contributed by atoms with Gasteiger partial charge in [-0.25, -0.2) is 4.79 Å². The zero-order chi connectivity index (χ0) is 10.7. The highest BCUT2D eigenvalue weighted by atomic mass is 31.2. The maximum atomic E-state index is 11.6. The van der Waals surface area contributed by atoms with Crippen molar-refractivity contribution in [2.75, 3.05) is 13.3 Å². The fourth-order valence-electron chi connectivity index (χ4n) is 0.618. The van der Waals surface area contributed by atoms with Gasteiger partial charge in [-0.2, -0.15) is 0 Å². The van der Waals surface area contributed by atoms with E-state index in [9.17, 15) is 9.36 Å². The summed E-state index contributed by atoms with van der Waals surface area (Å²) in [4.78, 5) is 10.6. The molecule has 0 aliphatic rings. The van der Waals surface area contributed by atoms with E-state index in [1.165, 1.54) is 21.0 Å². The first-order valence-electron chi connectivity index (χ1n) is 3.86. The average molecular weight is 210 g/mol. The van der Waals surface area contributed by atoms with Crippen LogP contribution in [0, 0.1) is 0 Å². The summed E-state index contributed by atoms with van der Waals surface area (Å²) < 4.78 is 21.1. The summed E-state index contributed by atoms with van der Waals surface area (Å²) in [6.45, 7) is 4.27. The van der Waals surface area contributed by atoms with Crippen LogP contribution < -0.4 is 0 Å². The van der Waals surface area contributed by atoms with Gasteiger partial charge in [-0.1, -0.05) is 6.92 Å². The lowest BCUT2D eigenvalue weighted by Crippen LogP contribution is -2.34. The van der Waals surface area contributed by atoms with E-state index in [-0.39, 0.29) is 6.16 Å². The molecule has 1 unspecified atom stereocenters. The van der Waals surface area contributed by atoms with Crippen LogP contribution in [0.25, 0.3) is 0 Å². The van der Waals surface area contributed by atoms with Crippen LogP contribution in [0.2, 0.25) is 0 Å². The Morgan fingerprint density at radius 3 is 2.23 bits per heavy atom. The Hall–Kier alpha value is -0.380. The standard InChI is InChI=1S/C7H15O5P/c1-5-13(10,11-4)12-7(2,3)6(8)9/h5H2,1-4H3,(H,8,9). The molecule has 78 valence electrons. The highest BCUT2D eigenvalue weighted by Crippen LogP contribution is 2.50. The zero-order valence-electron chi connectivity index (χ0n) is 8.23. The quantitative estimate of drug-likeness (QED) is 0.699. The van der Waals surface area contributed by atoms with Crippen molar-refractivity contribution in [3.63, 3.8) is 0 Å². The van der Waals surface area contributed by atoms with Crippen molar-refractivity contribution < 1.29 is 23.5 Å². The van der Waals surface area contributed by atoms with Gasteiger partial charge in [-0.3, -0.25) is 9.09 Å². The van der Waals surface area contributed by atoms with Gasteiger partial charge < -0.3 is 9.63 Å². The summed E-state index contributed by atoms with van der Waals surface area (Å²) in [5, 5.41) is 8.69. The maximum Gasteiger partial charge on any atom is 0.335 e. The molecule has 0 radical (unpaired) electrons. The molecule has 0 spiro atoms. The number of carbonyl (C=O) groups is 1. The fourth-order valence-corrected chi connectivity index (χ4v) is 1.85. The molecule has 1 N–H and O–H groups in total. The molecule has 0 aliphatic carbocycles. The molecule has 6 heteroatoms. The molecule has 0 aromatic rings. The Balaban J connectivity index is 4.59. The van der Waals surface area contributed by atoms with E-state index in [4.69, 9.17) is 9.63 Å². The van der Waals surface area contributed by atoms with Gasteiger partial charge in [-0.05, 0) is 13.8 Å². The third-order valence-corrected chi connectivity index (χ3v) is 3.61. The lowest BCUT2D eigenvalue weighted by molar-refractivity contribution is -0.152. The number of carboxylic acids is 1. The van der Waals surface area contributed by atoms with E-state index < -0.39 is 19.2 Å². The molecule has 0 amide bonds. The summed E-state index contributed by atoms with van der Waals surface area (Å²) in [6, 6.07) is 0. The van der Waals surface area contributed by atoms with E-state index in [1.807, 2.05) is 0 Å². The molecule has 5 nitrogen and oxygen atoms in total. The summed E-state index contributed by atoms with van der Waals surface area (Å²) in [6.07, 6.45) is 0.153. The maximum absolute atomic E-state index is 11.6. The van der Waals surface area contributed by atoms with Crippen molar-refractivity contribution >= 4 is 13.6 Å². The summed E-state index contributed by atoms with van der Waals surface area (Å²) in [5.41, 5.74) is -1.48. The second-order valence-corrected chi connectivity index (χ2v) is 5.42. The minimum atomic E-state index is -3.24. The lowest BCUT2D eigenvalue weighted by atomic mass is 10.1. The first-order chi connectivity index (χ1) is 5.77. The van der Waals surface area contributed by atoms with Crippen molar-refractivity contribution in [2.24, 2.45) is 0 Å². The monoisotopic (exact) mass is 210 g/mol. The Labute approximate surface area is 77.6 Å². The van der Waals surface area contributed by atoms with Gasteiger partial charge in [0.1, 0.15) is 0 Å². The van der Waals surface area contributed by atoms with Gasteiger partial charge in [0, 0.05) is 13.3 Å². The molecule has 0 heterocycles. The van der Waals surface area contributed by atoms with Crippen LogP contribution in [0.4, 0.5) is 0 Å². The molecule has 0 saturated heterocycles. The van der Waals surface area contributed by atoms with E-state index in [0.29, 0.717) is 0 Å². The SMILES string of the molecule is CCP(=O)(OC)OC(C)(C)C(=O)O. The topological polar surface area (TPSA) is 72.8 Å². The molecule has 0 saturated carbocycles. The van der Waals surface area contributed by atoms with Gasteiger partial charge in [0.2, 0.25) is 0 Å². The molecule has 0 fully saturated rings. The highest BCUT2D eigenvalue weighted by molar-refractivity contribution is 7.53. The van der Waals surface area contributed by atoms with E-state index >= 15 is 0 Å². The highest BCUT2D eigenvalue weighted by Gasteiger charge is 2.36. The van der Waals surface area contributed by atoms with Crippen LogP contribution in [0.5, 0.6) is 0 Å². The molecule has 0 rings (SSSR count). The van der Waals surface area contributed by atoms with Gasteiger partial charge >= 0.3 is 13.6 Å². The normalized spacial score (nSPS) is 16.6. The molecule has 0 aromatic heterocycles. The van der Waals surface area contributed by atoms with E-state index in [0.717, 1.165) is 0 Å². The van der Waals surface area contributed by atoms with Gasteiger partial charge in [0.15, 0.2) is 5.60 Å². The lowest BCUT2D eigenvalue weighted by Gasteiger charge is -2.24. The Bertz CT molecular complexity index is 227. The smallest absolute Gasteiger partial charge is 0.335 e. The molecule has 0 bridgehead atoms.